The summed E-state index contributed by atoms with van der Waals surface area (Å²) in [4.78, 5) is 25.2. The van der Waals surface area contributed by atoms with Crippen LogP contribution in [0.4, 0.5) is 0 Å². The van der Waals surface area contributed by atoms with E-state index < -0.39 is 12.1 Å². The molecule has 1 aromatic heterocycles. The van der Waals surface area contributed by atoms with Gasteiger partial charge in [-0.2, -0.15) is 0 Å². The molecule has 2 unspecified atom stereocenters. The summed E-state index contributed by atoms with van der Waals surface area (Å²) in [6, 6.07) is 0. The second kappa shape index (κ2) is 6.89. The third-order valence-corrected chi connectivity index (χ3v) is 4.75. The molecule has 0 saturated carbocycles. The summed E-state index contributed by atoms with van der Waals surface area (Å²) in [7, 11) is 0. The van der Waals surface area contributed by atoms with E-state index in [-0.39, 0.29) is 5.91 Å². The lowest BCUT2D eigenvalue weighted by atomic mass is 9.88. The number of esters is 1. The van der Waals surface area contributed by atoms with Crippen molar-refractivity contribution in [1.29, 1.82) is 0 Å². The third-order valence-electron chi connectivity index (χ3n) is 3.70. The van der Waals surface area contributed by atoms with E-state index in [0.717, 1.165) is 24.8 Å². The standard InChI is InChI=1S/C16H21NO3S/c1-4-7-17-15(18)11(3)20-16(19)13-9-21-14-8-10(2)5-6-12(13)14/h4,9-11H,1,5-8H2,2-3H3,(H,17,18). The van der Waals surface area contributed by atoms with E-state index >= 15 is 0 Å². The summed E-state index contributed by atoms with van der Waals surface area (Å²) in [5, 5.41) is 4.48. The molecule has 1 aliphatic rings. The highest BCUT2D eigenvalue weighted by Crippen LogP contribution is 2.33. The van der Waals surface area contributed by atoms with Crippen LogP contribution < -0.4 is 5.32 Å². The van der Waals surface area contributed by atoms with Crippen molar-refractivity contribution >= 4 is 23.2 Å². The summed E-state index contributed by atoms with van der Waals surface area (Å²) in [6.07, 6.45) is 3.84. The zero-order valence-electron chi connectivity index (χ0n) is 12.5. The molecule has 21 heavy (non-hydrogen) atoms. The number of nitrogens with one attached hydrogen (secondary N) is 1. The molecular weight excluding hydrogens is 286 g/mol. The number of ether oxygens (including phenoxy) is 1. The van der Waals surface area contributed by atoms with Gasteiger partial charge in [0.2, 0.25) is 0 Å². The van der Waals surface area contributed by atoms with Crippen molar-refractivity contribution < 1.29 is 14.3 Å². The van der Waals surface area contributed by atoms with Crippen LogP contribution in [0.3, 0.4) is 0 Å². The van der Waals surface area contributed by atoms with Crippen molar-refractivity contribution in [1.82, 2.24) is 5.32 Å². The second-order valence-corrected chi connectivity index (χ2v) is 6.44. The van der Waals surface area contributed by atoms with Crippen molar-refractivity contribution in [3.63, 3.8) is 0 Å². The highest BCUT2D eigenvalue weighted by Gasteiger charge is 2.26. The highest BCUT2D eigenvalue weighted by molar-refractivity contribution is 7.10. The summed E-state index contributed by atoms with van der Waals surface area (Å²) in [5.41, 5.74) is 1.74. The van der Waals surface area contributed by atoms with Gasteiger partial charge in [-0.1, -0.05) is 13.0 Å². The molecule has 1 N–H and O–H groups in total. The summed E-state index contributed by atoms with van der Waals surface area (Å²) >= 11 is 1.62. The van der Waals surface area contributed by atoms with Crippen molar-refractivity contribution in [2.45, 2.75) is 39.2 Å². The molecule has 5 heteroatoms. The van der Waals surface area contributed by atoms with Crippen molar-refractivity contribution in [3.8, 4) is 0 Å². The highest BCUT2D eigenvalue weighted by atomic mass is 32.1. The van der Waals surface area contributed by atoms with Gasteiger partial charge in [-0.15, -0.1) is 17.9 Å². The van der Waals surface area contributed by atoms with E-state index in [1.807, 2.05) is 5.38 Å². The first-order valence-corrected chi connectivity index (χ1v) is 8.09. The van der Waals surface area contributed by atoms with Gasteiger partial charge in [0.15, 0.2) is 6.10 Å². The lowest BCUT2D eigenvalue weighted by Crippen LogP contribution is -2.36. The fourth-order valence-electron chi connectivity index (χ4n) is 2.44. The molecule has 2 rings (SSSR count). The number of hydrogen-bond donors (Lipinski definition) is 1. The Balaban J connectivity index is 2.01. The minimum atomic E-state index is -0.796. The zero-order valence-corrected chi connectivity index (χ0v) is 13.3. The first kappa shape index (κ1) is 15.8. The second-order valence-electron chi connectivity index (χ2n) is 5.48. The van der Waals surface area contributed by atoms with E-state index in [1.54, 1.807) is 24.3 Å². The van der Waals surface area contributed by atoms with Gasteiger partial charge >= 0.3 is 5.97 Å². The van der Waals surface area contributed by atoms with Crippen LogP contribution in [0, 0.1) is 5.92 Å². The summed E-state index contributed by atoms with van der Waals surface area (Å²) in [5.74, 6) is -0.0344. The van der Waals surface area contributed by atoms with Gasteiger partial charge in [-0.05, 0) is 37.7 Å². The Morgan fingerprint density at radius 2 is 2.38 bits per heavy atom. The molecule has 0 spiro atoms. The maximum absolute atomic E-state index is 12.2. The Bertz CT molecular complexity index is 550. The average Bonchev–Trinajstić information content (AvgIpc) is 2.87. The van der Waals surface area contributed by atoms with Crippen LogP contribution in [0.2, 0.25) is 0 Å². The lowest BCUT2D eigenvalue weighted by Gasteiger charge is -2.19. The molecule has 1 aromatic rings. The summed E-state index contributed by atoms with van der Waals surface area (Å²) < 4.78 is 5.27. The molecule has 1 heterocycles. The quantitative estimate of drug-likeness (QED) is 0.672. The number of carbonyl (C=O) groups is 2. The number of amides is 1. The van der Waals surface area contributed by atoms with Gasteiger partial charge in [-0.25, -0.2) is 4.79 Å². The van der Waals surface area contributed by atoms with E-state index in [9.17, 15) is 9.59 Å². The number of thiophene rings is 1. The third kappa shape index (κ3) is 3.73. The van der Waals surface area contributed by atoms with Crippen LogP contribution in [-0.4, -0.2) is 24.5 Å². The van der Waals surface area contributed by atoms with Gasteiger partial charge < -0.3 is 10.1 Å². The molecule has 1 aliphatic carbocycles. The maximum atomic E-state index is 12.2. The Hall–Kier alpha value is -1.62. The minimum Gasteiger partial charge on any atom is -0.449 e. The van der Waals surface area contributed by atoms with Gasteiger partial charge in [0.05, 0.1) is 5.56 Å². The predicted octanol–water partition coefficient (Wildman–Crippen LogP) is 2.72. The predicted molar refractivity (Wildman–Crippen MR) is 83.6 cm³/mol. The Morgan fingerprint density at radius 1 is 1.62 bits per heavy atom. The van der Waals surface area contributed by atoms with Crippen LogP contribution in [0.25, 0.3) is 0 Å². The molecular formula is C16H21NO3S. The normalized spacial score (nSPS) is 18.5. The van der Waals surface area contributed by atoms with Crippen LogP contribution in [0.5, 0.6) is 0 Å². The van der Waals surface area contributed by atoms with Gasteiger partial charge in [0.25, 0.3) is 5.91 Å². The van der Waals surface area contributed by atoms with E-state index in [0.29, 0.717) is 18.0 Å². The maximum Gasteiger partial charge on any atom is 0.340 e. The Labute approximate surface area is 129 Å². The van der Waals surface area contributed by atoms with Crippen LogP contribution >= 0.6 is 11.3 Å². The van der Waals surface area contributed by atoms with E-state index in [1.165, 1.54) is 4.88 Å². The average molecular weight is 307 g/mol. The van der Waals surface area contributed by atoms with Gasteiger partial charge in [-0.3, -0.25) is 4.79 Å². The first-order valence-electron chi connectivity index (χ1n) is 7.21. The molecule has 0 aliphatic heterocycles. The SMILES string of the molecule is C=CCNC(=O)C(C)OC(=O)c1csc2c1CCC(C)C2. The molecule has 0 bridgehead atoms. The molecule has 0 aromatic carbocycles. The van der Waals surface area contributed by atoms with Gasteiger partial charge in [0.1, 0.15) is 0 Å². The number of rotatable bonds is 5. The molecule has 0 fully saturated rings. The van der Waals surface area contributed by atoms with Crippen LogP contribution in [-0.2, 0) is 22.4 Å². The minimum absolute atomic E-state index is 0.305. The molecule has 2 atom stereocenters. The molecule has 114 valence electrons. The molecule has 1 amide bonds. The first-order chi connectivity index (χ1) is 10.0. The topological polar surface area (TPSA) is 55.4 Å². The largest absolute Gasteiger partial charge is 0.449 e. The fourth-order valence-corrected chi connectivity index (χ4v) is 3.68. The molecule has 0 radical (unpaired) electrons. The van der Waals surface area contributed by atoms with Crippen LogP contribution in [0.15, 0.2) is 18.0 Å². The van der Waals surface area contributed by atoms with E-state index in [2.05, 4.69) is 18.8 Å². The Kier molecular flexibility index (Phi) is 5.17. The van der Waals surface area contributed by atoms with E-state index in [4.69, 9.17) is 4.74 Å². The number of carbonyl (C=O) groups excluding carboxylic acids is 2. The Morgan fingerprint density at radius 3 is 3.10 bits per heavy atom. The monoisotopic (exact) mass is 307 g/mol. The number of hydrogen-bond acceptors (Lipinski definition) is 4. The number of fused-ring (bicyclic) bond motifs is 1. The van der Waals surface area contributed by atoms with Crippen molar-refractivity contribution in [2.24, 2.45) is 5.92 Å². The van der Waals surface area contributed by atoms with Crippen LogP contribution in [0.1, 0.15) is 41.1 Å². The lowest BCUT2D eigenvalue weighted by molar-refractivity contribution is -0.128. The molecule has 0 saturated heterocycles. The summed E-state index contributed by atoms with van der Waals surface area (Å²) in [6.45, 7) is 7.70. The van der Waals surface area contributed by atoms with Crippen molar-refractivity contribution in [2.75, 3.05) is 6.54 Å². The smallest absolute Gasteiger partial charge is 0.340 e. The fraction of sp³-hybridized carbons (Fsp3) is 0.500. The van der Waals surface area contributed by atoms with Gasteiger partial charge in [0, 0.05) is 16.8 Å². The molecule has 4 nitrogen and oxygen atoms in total. The zero-order chi connectivity index (χ0) is 15.4. The van der Waals surface area contributed by atoms with Crippen molar-refractivity contribution in [3.05, 3.63) is 34.0 Å².